The minimum absolute atomic E-state index is 0.0102. The van der Waals surface area contributed by atoms with Crippen molar-refractivity contribution in [2.75, 3.05) is 13.2 Å². The van der Waals surface area contributed by atoms with Crippen LogP contribution in [-0.2, 0) is 28.5 Å². The van der Waals surface area contributed by atoms with Crippen molar-refractivity contribution in [2.45, 2.75) is 77.8 Å². The molecule has 0 unspecified atom stereocenters. The van der Waals surface area contributed by atoms with Crippen molar-refractivity contribution in [3.05, 3.63) is 68.8 Å². The van der Waals surface area contributed by atoms with Crippen LogP contribution in [0, 0.1) is 0 Å². The Hall–Kier alpha value is -4.94. The van der Waals surface area contributed by atoms with E-state index in [1.54, 1.807) is 27.7 Å². The van der Waals surface area contributed by atoms with Crippen molar-refractivity contribution in [1.29, 1.82) is 0 Å². The number of ketones is 4. The fraction of sp³-hybridized carbons (Fsp3) is 0.389. The number of phenolic OH excluding ortho intramolecular Hbond substituents is 2. The first-order valence-electron chi connectivity index (χ1n) is 15.9. The van der Waals surface area contributed by atoms with Crippen molar-refractivity contribution in [3.8, 4) is 22.6 Å². The van der Waals surface area contributed by atoms with Gasteiger partial charge in [-0.2, -0.15) is 0 Å². The summed E-state index contributed by atoms with van der Waals surface area (Å²) in [5.41, 5.74) is -0.177. The third-order valence-corrected chi connectivity index (χ3v) is 9.15. The summed E-state index contributed by atoms with van der Waals surface area (Å²) in [5.74, 6) is -4.40. The lowest BCUT2D eigenvalue weighted by molar-refractivity contribution is -0.148. The standard InChI is InChI=1S/C36H34O12/c1-5-45-25(37)13-17-11-23-27(15(3)47-17)35(43)29-21(31(23)39)9-7-19(33(29)41)20-8-10-22-30(34(20)42)36(44)28-16(4)48-18(12-24(28)32(22)40)14-26(38)46-6-2/h7-10,15-18,41-42H,5-6,11-14H2,1-4H3/t15-,16-,17+,18+/m1/s1. The van der Waals surface area contributed by atoms with Gasteiger partial charge in [0.15, 0.2) is 23.1 Å². The number of esters is 2. The number of fused-ring (bicyclic) bond motifs is 2. The van der Waals surface area contributed by atoms with E-state index < -0.39 is 71.0 Å². The van der Waals surface area contributed by atoms with Crippen LogP contribution < -0.4 is 0 Å². The number of ether oxygens (including phenoxy) is 4. The largest absolute Gasteiger partial charge is 0.506 e. The van der Waals surface area contributed by atoms with Gasteiger partial charge < -0.3 is 29.2 Å². The zero-order chi connectivity index (χ0) is 34.6. The minimum atomic E-state index is -0.860. The highest BCUT2D eigenvalue weighted by Crippen LogP contribution is 2.48. The molecule has 2 N–H and O–H groups in total. The molecule has 48 heavy (non-hydrogen) atoms. The molecule has 0 fully saturated rings. The van der Waals surface area contributed by atoms with E-state index in [4.69, 9.17) is 18.9 Å². The second-order valence-electron chi connectivity index (χ2n) is 12.1. The van der Waals surface area contributed by atoms with Crippen molar-refractivity contribution < 1.29 is 57.9 Å². The first-order valence-corrected chi connectivity index (χ1v) is 15.9. The number of hydrogen-bond donors (Lipinski definition) is 2. The Morgan fingerprint density at radius 3 is 1.35 bits per heavy atom. The zero-order valence-corrected chi connectivity index (χ0v) is 26.8. The molecule has 2 aliphatic heterocycles. The average molecular weight is 659 g/mol. The fourth-order valence-electron chi connectivity index (χ4n) is 7.15. The van der Waals surface area contributed by atoms with Gasteiger partial charge in [-0.1, -0.05) is 0 Å². The highest BCUT2D eigenvalue weighted by atomic mass is 16.5. The number of carbonyl (C=O) groups is 6. The van der Waals surface area contributed by atoms with Gasteiger partial charge in [0, 0.05) is 57.4 Å². The van der Waals surface area contributed by atoms with Gasteiger partial charge in [-0.3, -0.25) is 28.8 Å². The number of benzene rings is 2. The highest BCUT2D eigenvalue weighted by molar-refractivity contribution is 6.30. The molecule has 4 atom stereocenters. The van der Waals surface area contributed by atoms with Crippen LogP contribution >= 0.6 is 0 Å². The molecule has 6 rings (SSSR count). The Kier molecular flexibility index (Phi) is 8.65. The molecule has 12 heteroatoms. The monoisotopic (exact) mass is 658 g/mol. The van der Waals surface area contributed by atoms with Gasteiger partial charge >= 0.3 is 11.9 Å². The summed E-state index contributed by atoms with van der Waals surface area (Å²) in [5, 5.41) is 22.9. The Morgan fingerprint density at radius 2 is 1.00 bits per heavy atom. The number of phenols is 2. The lowest BCUT2D eigenvalue weighted by Crippen LogP contribution is -2.38. The van der Waals surface area contributed by atoms with Gasteiger partial charge in [0.05, 0.1) is 61.6 Å². The van der Waals surface area contributed by atoms with Crippen LogP contribution in [0.25, 0.3) is 11.1 Å². The van der Waals surface area contributed by atoms with Gasteiger partial charge in [0.25, 0.3) is 0 Å². The van der Waals surface area contributed by atoms with Crippen LogP contribution in [0.4, 0.5) is 0 Å². The Balaban J connectivity index is 1.34. The molecule has 4 aliphatic rings. The molecule has 0 radical (unpaired) electrons. The SMILES string of the molecule is CCOC(=O)C[C@@H]1CC2=C(C(=O)c3c(ccc(-c4ccc5c(c4O)C(=O)C4=C(C[C@@H](CC(=O)OCC)O[C@@H]4C)C5=O)c3O)C2=O)[C@@H](C)O1. The third-order valence-electron chi connectivity index (χ3n) is 9.15. The van der Waals surface area contributed by atoms with E-state index >= 15 is 0 Å². The molecule has 2 aromatic rings. The van der Waals surface area contributed by atoms with Gasteiger partial charge in [0.1, 0.15) is 11.5 Å². The predicted octanol–water partition coefficient (Wildman–Crippen LogP) is 4.38. The molecule has 250 valence electrons. The normalized spacial score (nSPS) is 23.3. The molecule has 0 spiro atoms. The maximum Gasteiger partial charge on any atom is 0.308 e. The Labute approximate surface area is 275 Å². The van der Waals surface area contributed by atoms with E-state index in [1.807, 2.05) is 0 Å². The smallest absolute Gasteiger partial charge is 0.308 e. The quantitative estimate of drug-likeness (QED) is 0.402. The van der Waals surface area contributed by atoms with E-state index in [2.05, 4.69) is 0 Å². The topological polar surface area (TPSA) is 180 Å². The van der Waals surface area contributed by atoms with Gasteiger partial charge in [-0.25, -0.2) is 0 Å². The molecule has 0 bridgehead atoms. The highest BCUT2D eigenvalue weighted by Gasteiger charge is 2.44. The molecule has 0 aromatic heterocycles. The van der Waals surface area contributed by atoms with Gasteiger partial charge in [-0.05, 0) is 52.0 Å². The number of carbonyl (C=O) groups excluding carboxylic acids is 6. The van der Waals surface area contributed by atoms with E-state index in [-0.39, 0.29) is 94.6 Å². The lowest BCUT2D eigenvalue weighted by Gasteiger charge is -2.34. The summed E-state index contributed by atoms with van der Waals surface area (Å²) in [6, 6.07) is 5.44. The summed E-state index contributed by atoms with van der Waals surface area (Å²) in [6.07, 6.45) is -3.23. The molecule has 2 heterocycles. The predicted molar refractivity (Wildman–Crippen MR) is 167 cm³/mol. The average Bonchev–Trinajstić information content (AvgIpc) is 3.02. The van der Waals surface area contributed by atoms with Gasteiger partial charge in [0.2, 0.25) is 0 Å². The summed E-state index contributed by atoms with van der Waals surface area (Å²) < 4.78 is 21.8. The third kappa shape index (κ3) is 5.34. The van der Waals surface area contributed by atoms with Gasteiger partial charge in [-0.15, -0.1) is 0 Å². The molecule has 2 aliphatic carbocycles. The molecule has 0 saturated heterocycles. The number of Topliss-reactive ketones (excluding diaryl/α,β-unsaturated/α-hetero) is 4. The second-order valence-corrected chi connectivity index (χ2v) is 12.1. The summed E-state index contributed by atoms with van der Waals surface area (Å²) in [6.45, 7) is 6.90. The van der Waals surface area contributed by atoms with Crippen LogP contribution in [0.2, 0.25) is 0 Å². The Morgan fingerprint density at radius 1 is 0.646 bits per heavy atom. The summed E-state index contributed by atoms with van der Waals surface area (Å²) >= 11 is 0. The van der Waals surface area contributed by atoms with E-state index in [0.29, 0.717) is 0 Å². The Bertz CT molecular complexity index is 1740. The van der Waals surface area contributed by atoms with E-state index in [9.17, 15) is 39.0 Å². The lowest BCUT2D eigenvalue weighted by atomic mass is 9.76. The first kappa shape index (κ1) is 33.0. The molecule has 12 nitrogen and oxygen atoms in total. The van der Waals surface area contributed by atoms with Crippen molar-refractivity contribution in [3.63, 3.8) is 0 Å². The summed E-state index contributed by atoms with van der Waals surface area (Å²) in [7, 11) is 0. The molecule has 2 aromatic carbocycles. The van der Waals surface area contributed by atoms with Crippen LogP contribution in [-0.4, -0.2) is 82.9 Å². The van der Waals surface area contributed by atoms with E-state index in [0.717, 1.165) is 0 Å². The first-order chi connectivity index (χ1) is 22.9. The van der Waals surface area contributed by atoms with Crippen molar-refractivity contribution in [2.24, 2.45) is 0 Å². The maximum atomic E-state index is 13.8. The maximum absolute atomic E-state index is 13.8. The fourth-order valence-corrected chi connectivity index (χ4v) is 7.15. The number of rotatable bonds is 7. The van der Waals surface area contributed by atoms with Crippen molar-refractivity contribution in [1.82, 2.24) is 0 Å². The van der Waals surface area contributed by atoms with Crippen LogP contribution in [0.5, 0.6) is 11.5 Å². The molecular formula is C36H34O12. The minimum Gasteiger partial charge on any atom is -0.506 e. The zero-order valence-electron chi connectivity index (χ0n) is 26.8. The van der Waals surface area contributed by atoms with Crippen molar-refractivity contribution >= 4 is 35.1 Å². The van der Waals surface area contributed by atoms with E-state index in [1.165, 1.54) is 24.3 Å². The number of aromatic hydroxyl groups is 2. The van der Waals surface area contributed by atoms with Crippen LogP contribution in [0.1, 0.15) is 94.8 Å². The molecule has 0 amide bonds. The molecular weight excluding hydrogens is 624 g/mol. The molecule has 0 saturated carbocycles. The summed E-state index contributed by atoms with van der Waals surface area (Å²) in [4.78, 5) is 79.1. The van der Waals surface area contributed by atoms with Crippen LogP contribution in [0.15, 0.2) is 46.6 Å². The number of hydrogen-bond acceptors (Lipinski definition) is 12. The van der Waals surface area contributed by atoms with Crippen LogP contribution in [0.3, 0.4) is 0 Å². The second kappa shape index (κ2) is 12.6.